The van der Waals surface area contributed by atoms with Gasteiger partial charge in [0.2, 0.25) is 0 Å². The van der Waals surface area contributed by atoms with E-state index in [9.17, 15) is 19.2 Å². The molecule has 0 aromatic heterocycles. The van der Waals surface area contributed by atoms with Gasteiger partial charge in [-0.25, -0.2) is 5.09 Å². The van der Waals surface area contributed by atoms with Gasteiger partial charge in [-0.05, 0) is 23.3 Å². The molecule has 0 fully saturated rings. The lowest BCUT2D eigenvalue weighted by Crippen LogP contribution is -2.25. The Hall–Kier alpha value is -2.73. The predicted octanol–water partition coefficient (Wildman–Crippen LogP) is -1.07. The van der Waals surface area contributed by atoms with Crippen LogP contribution < -0.4 is 10.8 Å². The molecule has 1 unspecified atom stereocenters. The van der Waals surface area contributed by atoms with Gasteiger partial charge in [0.1, 0.15) is 13.2 Å². The maximum absolute atomic E-state index is 11.8. The van der Waals surface area contributed by atoms with Crippen molar-refractivity contribution in [1.29, 1.82) is 0 Å². The topological polar surface area (TPSA) is 125 Å². The van der Waals surface area contributed by atoms with E-state index in [-0.39, 0.29) is 35.9 Å². The van der Waals surface area contributed by atoms with Crippen LogP contribution in [-0.2, 0) is 28.7 Å². The fraction of sp³-hybridized carbons (Fsp3) is 0.143. The lowest BCUT2D eigenvalue weighted by Gasteiger charge is -2.23. The number of amides is 2. The number of carbonyl (C=O) groups is 4. The van der Waals surface area contributed by atoms with Crippen LogP contribution in [0.2, 0.25) is 0 Å². The molecule has 9 heteroatoms. The van der Waals surface area contributed by atoms with Crippen LogP contribution in [0.1, 0.15) is 0 Å². The number of nitrogens with two attached hydrogens (primary N) is 1. The van der Waals surface area contributed by atoms with E-state index < -0.39 is 11.8 Å². The van der Waals surface area contributed by atoms with E-state index in [0.29, 0.717) is 23.7 Å². The Morgan fingerprint density at radius 2 is 1.52 bits per heavy atom. The Bertz CT molecular complexity index is 717. The molecule has 2 heterocycles. The van der Waals surface area contributed by atoms with E-state index >= 15 is 0 Å². The fourth-order valence-electron chi connectivity index (χ4n) is 2.25. The smallest absolute Gasteiger partial charge is 0.317 e. The molecule has 0 aromatic rings. The van der Waals surface area contributed by atoms with Crippen LogP contribution in [-0.4, -0.2) is 37.6 Å². The summed E-state index contributed by atoms with van der Waals surface area (Å²) >= 11 is 0. The zero-order valence-electron chi connectivity index (χ0n) is 12.0. The molecule has 0 aliphatic carbocycles. The van der Waals surface area contributed by atoms with E-state index in [1.165, 1.54) is 21.5 Å². The van der Waals surface area contributed by atoms with E-state index in [0.717, 1.165) is 0 Å². The second-order valence-corrected chi connectivity index (χ2v) is 4.80. The maximum Gasteiger partial charge on any atom is 0.317 e. The first kappa shape index (κ1) is 16.6. The minimum atomic E-state index is -0.894. The van der Waals surface area contributed by atoms with Crippen molar-refractivity contribution in [2.75, 3.05) is 13.2 Å². The molecule has 0 spiro atoms. The van der Waals surface area contributed by atoms with E-state index in [1.54, 1.807) is 0 Å². The number of nitrogens with one attached hydrogen (secondary N) is 1. The van der Waals surface area contributed by atoms with Crippen molar-refractivity contribution in [2.45, 2.75) is 0 Å². The Morgan fingerprint density at radius 3 is 1.96 bits per heavy atom. The molecule has 120 valence electrons. The minimum absolute atomic E-state index is 0.00592. The highest BCUT2D eigenvalue weighted by Crippen LogP contribution is 2.32. The number of carbonyl (C=O) groups excluding carboxylic acids is 4. The van der Waals surface area contributed by atoms with Crippen molar-refractivity contribution < 1.29 is 28.7 Å². The first-order valence-electron chi connectivity index (χ1n) is 6.48. The molecule has 2 aliphatic rings. The van der Waals surface area contributed by atoms with Gasteiger partial charge in [0, 0.05) is 0 Å². The van der Waals surface area contributed by atoms with Crippen LogP contribution in [0.25, 0.3) is 0 Å². The number of rotatable bonds is 5. The Kier molecular flexibility index (Phi) is 5.08. The fourth-order valence-corrected chi connectivity index (χ4v) is 2.41. The SMILES string of the molecule is NC(=O)C1=C(C=O)C(C2=CCOC(C(=O)N[PH3+])=C2C=O)=CCO1. The van der Waals surface area contributed by atoms with Crippen LogP contribution >= 0.6 is 9.39 Å². The summed E-state index contributed by atoms with van der Waals surface area (Å²) in [5.74, 6) is -1.88. The molecule has 2 aliphatic heterocycles. The summed E-state index contributed by atoms with van der Waals surface area (Å²) in [5, 5.41) is 2.39. The molecule has 23 heavy (non-hydrogen) atoms. The molecule has 1 atom stereocenters. The highest BCUT2D eigenvalue weighted by Gasteiger charge is 2.30. The standard InChI is InChI=1S/C14H13N2O6P/c15-13(19)11-9(5-17)7(1-3-21-11)8-2-4-22-12(10(8)6-18)14(20)16-23/h1-2,5-6H,3-4,23H2,(H2,15,19)(H,16,20)/p+1. The monoisotopic (exact) mass is 337 g/mol. The lowest BCUT2D eigenvalue weighted by molar-refractivity contribution is -0.119. The van der Waals surface area contributed by atoms with Crippen LogP contribution in [0.3, 0.4) is 0 Å². The second-order valence-electron chi connectivity index (χ2n) is 4.45. The molecule has 0 bridgehead atoms. The molecule has 0 aromatic carbocycles. The first-order valence-corrected chi connectivity index (χ1v) is 7.19. The molecule has 0 radical (unpaired) electrons. The van der Waals surface area contributed by atoms with Crippen molar-refractivity contribution in [3.63, 3.8) is 0 Å². The maximum atomic E-state index is 11.8. The molecule has 8 nitrogen and oxygen atoms in total. The summed E-state index contributed by atoms with van der Waals surface area (Å²) in [5.41, 5.74) is 5.72. The molecular formula is C14H14N2O6P+. The van der Waals surface area contributed by atoms with Crippen molar-refractivity contribution in [3.8, 4) is 0 Å². The molecule has 2 amide bonds. The third-order valence-electron chi connectivity index (χ3n) is 3.22. The first-order chi connectivity index (χ1) is 11.0. The summed E-state index contributed by atoms with van der Waals surface area (Å²) in [4.78, 5) is 46.0. The Labute approximate surface area is 133 Å². The van der Waals surface area contributed by atoms with Gasteiger partial charge >= 0.3 is 5.91 Å². The van der Waals surface area contributed by atoms with Crippen LogP contribution in [0.5, 0.6) is 0 Å². The lowest BCUT2D eigenvalue weighted by atomic mass is 9.89. The van der Waals surface area contributed by atoms with Crippen LogP contribution in [0.15, 0.2) is 46.0 Å². The number of hydrogen-bond acceptors (Lipinski definition) is 6. The highest BCUT2D eigenvalue weighted by molar-refractivity contribution is 7.15. The van der Waals surface area contributed by atoms with Crippen molar-refractivity contribution in [1.82, 2.24) is 5.09 Å². The summed E-state index contributed by atoms with van der Waals surface area (Å²) < 4.78 is 10.3. The van der Waals surface area contributed by atoms with E-state index in [4.69, 9.17) is 15.2 Å². The van der Waals surface area contributed by atoms with Gasteiger partial charge in [-0.2, -0.15) is 0 Å². The van der Waals surface area contributed by atoms with E-state index in [2.05, 4.69) is 5.09 Å². The Balaban J connectivity index is 2.58. The highest BCUT2D eigenvalue weighted by atomic mass is 31.0. The average molecular weight is 337 g/mol. The quantitative estimate of drug-likeness (QED) is 0.486. The number of primary amides is 1. The third-order valence-corrected chi connectivity index (χ3v) is 3.54. The normalized spacial score (nSPS) is 17.6. The van der Waals surface area contributed by atoms with Gasteiger partial charge in [0.15, 0.2) is 24.1 Å². The minimum Gasteiger partial charge on any atom is -0.483 e. The summed E-state index contributed by atoms with van der Waals surface area (Å²) in [6.07, 6.45) is 3.95. The van der Waals surface area contributed by atoms with Gasteiger partial charge in [-0.15, -0.1) is 0 Å². The summed E-state index contributed by atoms with van der Waals surface area (Å²) in [6, 6.07) is 0. The second kappa shape index (κ2) is 7.02. The van der Waals surface area contributed by atoms with Gasteiger partial charge < -0.3 is 15.2 Å². The molecule has 2 rings (SSSR count). The largest absolute Gasteiger partial charge is 0.483 e. The third kappa shape index (κ3) is 3.07. The van der Waals surface area contributed by atoms with Gasteiger partial charge in [-0.3, -0.25) is 19.2 Å². The van der Waals surface area contributed by atoms with Crippen molar-refractivity contribution in [3.05, 3.63) is 46.0 Å². The zero-order chi connectivity index (χ0) is 17.0. The van der Waals surface area contributed by atoms with Crippen molar-refractivity contribution >= 4 is 33.8 Å². The number of allylic oxidation sites excluding steroid dienone is 4. The van der Waals surface area contributed by atoms with Gasteiger partial charge in [0.05, 0.1) is 20.5 Å². The number of aldehydes is 2. The Morgan fingerprint density at radius 1 is 1.04 bits per heavy atom. The molecule has 3 N–H and O–H groups in total. The average Bonchev–Trinajstić information content (AvgIpc) is 2.59. The molecule has 0 saturated heterocycles. The summed E-state index contributed by atoms with van der Waals surface area (Å²) in [7, 11) is 1.19. The van der Waals surface area contributed by atoms with Gasteiger partial charge in [-0.1, -0.05) is 0 Å². The molecular weight excluding hydrogens is 323 g/mol. The predicted molar refractivity (Wildman–Crippen MR) is 82.7 cm³/mol. The van der Waals surface area contributed by atoms with Crippen molar-refractivity contribution in [2.24, 2.45) is 5.73 Å². The molecule has 0 saturated carbocycles. The summed E-state index contributed by atoms with van der Waals surface area (Å²) in [6.45, 7) is 0.0424. The van der Waals surface area contributed by atoms with E-state index in [1.807, 2.05) is 0 Å². The van der Waals surface area contributed by atoms with Crippen LogP contribution in [0, 0.1) is 0 Å². The van der Waals surface area contributed by atoms with Crippen LogP contribution in [0.4, 0.5) is 0 Å². The van der Waals surface area contributed by atoms with Gasteiger partial charge in [0.25, 0.3) is 5.91 Å². The number of hydrogen-bond donors (Lipinski definition) is 2. The zero-order valence-corrected chi connectivity index (χ0v) is 13.4. The number of ether oxygens (including phenoxy) is 2.